The molecule has 1 aromatic heterocycles. The SMILES string of the molecule is COC(=O)C(F)=C(F)CCn1c(C)noc1=O. The fourth-order valence-corrected chi connectivity index (χ4v) is 1.11. The van der Waals surface area contributed by atoms with Gasteiger partial charge in [0.25, 0.3) is 0 Å². The summed E-state index contributed by atoms with van der Waals surface area (Å²) in [6, 6.07) is 0. The van der Waals surface area contributed by atoms with Crippen molar-refractivity contribution in [3.8, 4) is 0 Å². The van der Waals surface area contributed by atoms with Gasteiger partial charge in [0.05, 0.1) is 7.11 Å². The number of hydrogen-bond donors (Lipinski definition) is 0. The normalized spacial score (nSPS) is 12.2. The summed E-state index contributed by atoms with van der Waals surface area (Å²) < 4.78 is 35.4. The largest absolute Gasteiger partial charge is 0.464 e. The maximum atomic E-state index is 13.1. The number of nitrogens with zero attached hydrogens (tertiary/aromatic N) is 2. The highest BCUT2D eigenvalue weighted by Crippen LogP contribution is 2.14. The quantitative estimate of drug-likeness (QED) is 0.583. The van der Waals surface area contributed by atoms with E-state index in [1.54, 1.807) is 0 Å². The number of halogens is 2. The summed E-state index contributed by atoms with van der Waals surface area (Å²) in [5.41, 5.74) is 0. The van der Waals surface area contributed by atoms with Crippen LogP contribution in [0.3, 0.4) is 0 Å². The topological polar surface area (TPSA) is 74.3 Å². The number of carbonyl (C=O) groups excluding carboxylic acids is 1. The standard InChI is InChI=1S/C9H10F2N2O4/c1-5-12-17-9(15)13(5)4-3-6(10)7(11)8(14)16-2/h3-4H2,1-2H3. The first-order valence-corrected chi connectivity index (χ1v) is 4.63. The van der Waals surface area contributed by atoms with Gasteiger partial charge in [0.2, 0.25) is 5.83 Å². The smallest absolute Gasteiger partial charge is 0.441 e. The number of hydrogen-bond acceptors (Lipinski definition) is 5. The second kappa shape index (κ2) is 5.37. The number of ether oxygens (including phenoxy) is 1. The molecule has 6 nitrogen and oxygen atoms in total. The van der Waals surface area contributed by atoms with Crippen molar-refractivity contribution in [3.05, 3.63) is 28.0 Å². The van der Waals surface area contributed by atoms with E-state index in [4.69, 9.17) is 0 Å². The van der Waals surface area contributed by atoms with E-state index in [0.29, 0.717) is 0 Å². The Morgan fingerprint density at radius 3 is 2.65 bits per heavy atom. The third-order valence-corrected chi connectivity index (χ3v) is 2.02. The van der Waals surface area contributed by atoms with Gasteiger partial charge in [0.1, 0.15) is 5.83 Å². The van der Waals surface area contributed by atoms with E-state index in [-0.39, 0.29) is 12.4 Å². The molecule has 0 atom stereocenters. The molecule has 0 spiro atoms. The molecule has 0 aliphatic heterocycles. The molecule has 0 saturated carbocycles. The van der Waals surface area contributed by atoms with E-state index < -0.39 is 29.8 Å². The Morgan fingerprint density at radius 2 is 2.18 bits per heavy atom. The van der Waals surface area contributed by atoms with Gasteiger partial charge in [-0.2, -0.15) is 4.39 Å². The maximum Gasteiger partial charge on any atom is 0.441 e. The van der Waals surface area contributed by atoms with Crippen LogP contribution in [0.4, 0.5) is 8.78 Å². The molecular weight excluding hydrogens is 238 g/mol. The zero-order valence-corrected chi connectivity index (χ0v) is 9.20. The summed E-state index contributed by atoms with van der Waals surface area (Å²) in [4.78, 5) is 21.7. The summed E-state index contributed by atoms with van der Waals surface area (Å²) in [7, 11) is 0.934. The first kappa shape index (κ1) is 13.1. The van der Waals surface area contributed by atoms with E-state index in [2.05, 4.69) is 14.4 Å². The lowest BCUT2D eigenvalue weighted by atomic mass is 10.3. The maximum absolute atomic E-state index is 13.1. The van der Waals surface area contributed by atoms with Crippen LogP contribution in [0.15, 0.2) is 21.0 Å². The van der Waals surface area contributed by atoms with E-state index in [1.165, 1.54) is 6.92 Å². The van der Waals surface area contributed by atoms with Crippen LogP contribution in [0.25, 0.3) is 0 Å². The number of esters is 1. The molecule has 0 unspecified atom stereocenters. The summed E-state index contributed by atoms with van der Waals surface area (Å²) in [5, 5.41) is 3.34. The molecule has 0 fully saturated rings. The molecule has 94 valence electrons. The second-order valence-electron chi connectivity index (χ2n) is 3.11. The molecule has 17 heavy (non-hydrogen) atoms. The van der Waals surface area contributed by atoms with Crippen molar-refractivity contribution in [1.29, 1.82) is 0 Å². The predicted molar refractivity (Wildman–Crippen MR) is 51.4 cm³/mol. The second-order valence-corrected chi connectivity index (χ2v) is 3.11. The van der Waals surface area contributed by atoms with Crippen molar-refractivity contribution in [2.75, 3.05) is 7.11 Å². The van der Waals surface area contributed by atoms with Crippen LogP contribution in [-0.4, -0.2) is 22.8 Å². The van der Waals surface area contributed by atoms with Crippen molar-refractivity contribution in [3.63, 3.8) is 0 Å². The number of carbonyl (C=O) groups is 1. The summed E-state index contributed by atoms with van der Waals surface area (Å²) in [6.45, 7) is 1.30. The van der Waals surface area contributed by atoms with Crippen LogP contribution in [0.1, 0.15) is 12.2 Å². The van der Waals surface area contributed by atoms with Crippen LogP contribution in [0.5, 0.6) is 0 Å². The van der Waals surface area contributed by atoms with Crippen molar-refractivity contribution in [1.82, 2.24) is 9.72 Å². The zero-order valence-electron chi connectivity index (χ0n) is 9.20. The minimum atomic E-state index is -1.60. The van der Waals surface area contributed by atoms with Crippen LogP contribution in [0, 0.1) is 6.92 Å². The Balaban J connectivity index is 2.75. The van der Waals surface area contributed by atoms with Gasteiger partial charge in [0.15, 0.2) is 5.82 Å². The Morgan fingerprint density at radius 1 is 1.53 bits per heavy atom. The number of methoxy groups -OCH3 is 1. The Hall–Kier alpha value is -1.99. The molecule has 0 aromatic carbocycles. The van der Waals surface area contributed by atoms with Gasteiger partial charge in [-0.15, -0.1) is 0 Å². The monoisotopic (exact) mass is 248 g/mol. The van der Waals surface area contributed by atoms with Gasteiger partial charge in [-0.05, 0) is 6.92 Å². The Labute approximate surface area is 94.5 Å². The minimum Gasteiger partial charge on any atom is -0.464 e. The van der Waals surface area contributed by atoms with Gasteiger partial charge in [-0.1, -0.05) is 5.16 Å². The Bertz CT molecular complexity index is 503. The van der Waals surface area contributed by atoms with Crippen molar-refractivity contribution in [2.45, 2.75) is 19.9 Å². The van der Waals surface area contributed by atoms with Gasteiger partial charge in [0, 0.05) is 13.0 Å². The first-order valence-electron chi connectivity index (χ1n) is 4.63. The molecule has 0 saturated heterocycles. The average Bonchev–Trinajstić information content (AvgIpc) is 2.64. The van der Waals surface area contributed by atoms with E-state index in [9.17, 15) is 18.4 Å². The molecule has 0 amide bonds. The van der Waals surface area contributed by atoms with Gasteiger partial charge in [-0.25, -0.2) is 14.0 Å². The summed E-state index contributed by atoms with van der Waals surface area (Å²) in [5.74, 6) is -4.81. The van der Waals surface area contributed by atoms with Crippen LogP contribution < -0.4 is 5.76 Å². The highest BCUT2D eigenvalue weighted by Gasteiger charge is 2.16. The molecule has 1 rings (SSSR count). The molecular formula is C9H10F2N2O4. The minimum absolute atomic E-state index is 0.176. The number of aryl methyl sites for hydroxylation is 1. The molecule has 1 heterocycles. The van der Waals surface area contributed by atoms with Crippen LogP contribution >= 0.6 is 0 Å². The number of allylic oxidation sites excluding steroid dienone is 1. The van der Waals surface area contributed by atoms with Crippen molar-refractivity contribution < 1.29 is 22.8 Å². The first-order chi connectivity index (χ1) is 7.97. The molecule has 0 radical (unpaired) electrons. The molecule has 0 bridgehead atoms. The Kier molecular flexibility index (Phi) is 4.13. The van der Waals surface area contributed by atoms with Gasteiger partial charge < -0.3 is 4.74 Å². The molecule has 1 aromatic rings. The lowest BCUT2D eigenvalue weighted by Crippen LogP contribution is -2.16. The lowest BCUT2D eigenvalue weighted by molar-refractivity contribution is -0.138. The molecule has 0 aliphatic carbocycles. The molecule has 8 heteroatoms. The van der Waals surface area contributed by atoms with Crippen LogP contribution in [-0.2, 0) is 16.1 Å². The molecule has 0 aliphatic rings. The number of aromatic nitrogens is 2. The molecule has 0 N–H and O–H groups in total. The van der Waals surface area contributed by atoms with E-state index in [0.717, 1.165) is 11.7 Å². The van der Waals surface area contributed by atoms with Gasteiger partial charge in [-0.3, -0.25) is 9.09 Å². The lowest BCUT2D eigenvalue weighted by Gasteiger charge is -2.01. The summed E-state index contributed by atoms with van der Waals surface area (Å²) >= 11 is 0. The third-order valence-electron chi connectivity index (χ3n) is 2.02. The van der Waals surface area contributed by atoms with Crippen molar-refractivity contribution in [2.24, 2.45) is 0 Å². The number of rotatable bonds is 4. The third kappa shape index (κ3) is 2.99. The predicted octanol–water partition coefficient (Wildman–Crippen LogP) is 0.858. The average molecular weight is 248 g/mol. The fourth-order valence-electron chi connectivity index (χ4n) is 1.11. The van der Waals surface area contributed by atoms with E-state index >= 15 is 0 Å². The fraction of sp³-hybridized carbons (Fsp3) is 0.444. The highest BCUT2D eigenvalue weighted by atomic mass is 19.2. The van der Waals surface area contributed by atoms with Crippen molar-refractivity contribution >= 4 is 5.97 Å². The summed E-state index contributed by atoms with van der Waals surface area (Å²) in [6.07, 6.45) is -0.469. The van der Waals surface area contributed by atoms with Crippen LogP contribution in [0.2, 0.25) is 0 Å². The highest BCUT2D eigenvalue weighted by molar-refractivity contribution is 5.86. The van der Waals surface area contributed by atoms with Gasteiger partial charge >= 0.3 is 11.7 Å². The zero-order chi connectivity index (χ0) is 13.0. The van der Waals surface area contributed by atoms with E-state index in [1.807, 2.05) is 0 Å².